The van der Waals surface area contributed by atoms with Crippen LogP contribution in [0.1, 0.15) is 56.2 Å². The number of halogens is 7. The van der Waals surface area contributed by atoms with Gasteiger partial charge in [-0.3, -0.25) is 4.79 Å². The van der Waals surface area contributed by atoms with Crippen molar-refractivity contribution in [1.82, 2.24) is 4.90 Å². The number of likely N-dealkylation sites (tertiary alicyclic amines) is 1. The first-order valence-corrected chi connectivity index (χ1v) is 17.1. The van der Waals surface area contributed by atoms with Crippen LogP contribution >= 0.6 is 0 Å². The minimum atomic E-state index is -6.30. The van der Waals surface area contributed by atoms with Crippen molar-refractivity contribution in [2.45, 2.75) is 74.8 Å². The van der Waals surface area contributed by atoms with Gasteiger partial charge in [0.15, 0.2) is 9.84 Å². The van der Waals surface area contributed by atoms with E-state index >= 15 is 0 Å². The lowest BCUT2D eigenvalue weighted by atomic mass is 9.76. The van der Waals surface area contributed by atoms with Crippen LogP contribution in [0.25, 0.3) is 0 Å². The van der Waals surface area contributed by atoms with E-state index < -0.39 is 44.2 Å². The highest BCUT2D eigenvalue weighted by Crippen LogP contribution is 2.57. The van der Waals surface area contributed by atoms with Gasteiger partial charge in [-0.15, -0.1) is 9.45 Å². The van der Waals surface area contributed by atoms with Gasteiger partial charge in [0.25, 0.3) is 0 Å². The average molecular weight is 646 g/mol. The highest BCUT2D eigenvalue weighted by molar-refractivity contribution is 8.28. The number of hydrogen-bond donors (Lipinski definition) is 0. The zero-order valence-corrected chi connectivity index (χ0v) is 24.8. The van der Waals surface area contributed by atoms with Crippen molar-refractivity contribution in [2.75, 3.05) is 18.1 Å². The maximum absolute atomic E-state index is 14.9. The first-order chi connectivity index (χ1) is 19.0. The highest BCUT2D eigenvalue weighted by Gasteiger charge is 2.74. The lowest BCUT2D eigenvalue weighted by molar-refractivity contribution is -0.348. The molecule has 2 saturated heterocycles. The molecule has 228 valence electrons. The van der Waals surface area contributed by atoms with E-state index in [0.29, 0.717) is 36.5 Å². The van der Waals surface area contributed by atoms with E-state index in [2.05, 4.69) is 0 Å². The van der Waals surface area contributed by atoms with E-state index in [1.807, 2.05) is 0 Å². The van der Waals surface area contributed by atoms with Gasteiger partial charge in [0.1, 0.15) is 4.75 Å². The van der Waals surface area contributed by atoms with Crippen LogP contribution in [0.4, 0.5) is 30.7 Å². The lowest BCUT2D eigenvalue weighted by Crippen LogP contribution is -2.54. The third-order valence-electron chi connectivity index (χ3n) is 8.49. The third-order valence-corrected chi connectivity index (χ3v) is 13.5. The van der Waals surface area contributed by atoms with Crippen molar-refractivity contribution in [3.63, 3.8) is 0 Å². The number of fused-ring (bicyclic) bond motifs is 3. The Morgan fingerprint density at radius 3 is 2.20 bits per heavy atom. The molecule has 0 N–H and O–H groups in total. The molecular formula is C27H30F7NO3S3. The summed E-state index contributed by atoms with van der Waals surface area (Å²) >= 11 is 5.36. The summed E-state index contributed by atoms with van der Waals surface area (Å²) in [5.74, 6) is 0.842. The maximum Gasteiger partial charge on any atom is 0.435 e. The molecule has 1 aromatic rings. The van der Waals surface area contributed by atoms with Crippen LogP contribution in [-0.4, -0.2) is 55.7 Å². The van der Waals surface area contributed by atoms with Crippen LogP contribution in [0.2, 0.25) is 0 Å². The van der Waals surface area contributed by atoms with E-state index in [1.165, 1.54) is 30.1 Å². The van der Waals surface area contributed by atoms with Crippen LogP contribution in [0.3, 0.4) is 0 Å². The van der Waals surface area contributed by atoms with E-state index in [0.717, 1.165) is 6.07 Å². The first-order valence-electron chi connectivity index (χ1n) is 13.1. The molecule has 0 radical (unpaired) electrons. The summed E-state index contributed by atoms with van der Waals surface area (Å²) in [5, 5.41) is 0. The van der Waals surface area contributed by atoms with Gasteiger partial charge < -0.3 is 4.90 Å². The van der Waals surface area contributed by atoms with E-state index in [1.54, 1.807) is 6.92 Å². The number of amides is 1. The Balaban J connectivity index is 1.89. The van der Waals surface area contributed by atoms with Crippen molar-refractivity contribution in [3.05, 3.63) is 58.0 Å². The SMILES string of the molecule is C/C=C\C(=C/C)S(=O)(=O)C12CCN(C(=O)C3CCS(=S)CC3)C1CCc1cc(C(F)(C(F)(F)F)C(F)(F)F)ccc12. The summed E-state index contributed by atoms with van der Waals surface area (Å²) in [6.45, 7) is 3.15. The Morgan fingerprint density at radius 2 is 1.66 bits per heavy atom. The molecule has 0 saturated carbocycles. The molecule has 14 heteroatoms. The predicted octanol–water partition coefficient (Wildman–Crippen LogP) is 6.10. The van der Waals surface area contributed by atoms with Gasteiger partial charge in [0, 0.05) is 18.0 Å². The van der Waals surface area contributed by atoms with E-state index in [4.69, 9.17) is 11.2 Å². The van der Waals surface area contributed by atoms with Crippen LogP contribution in [0.5, 0.6) is 0 Å². The van der Waals surface area contributed by atoms with Crippen molar-refractivity contribution >= 4 is 36.4 Å². The normalized spacial score (nSPS) is 28.1. The number of rotatable bonds is 5. The van der Waals surface area contributed by atoms with Gasteiger partial charge >= 0.3 is 18.0 Å². The maximum atomic E-state index is 14.9. The molecule has 3 aliphatic rings. The molecule has 0 aromatic heterocycles. The summed E-state index contributed by atoms with van der Waals surface area (Å²) in [7, 11) is -4.54. The summed E-state index contributed by atoms with van der Waals surface area (Å²) in [6, 6.07) is 0.842. The zero-order chi connectivity index (χ0) is 30.6. The Labute approximate surface area is 241 Å². The number of hydrogen-bond acceptors (Lipinski definition) is 4. The average Bonchev–Trinajstić information content (AvgIpc) is 3.31. The highest BCUT2D eigenvalue weighted by atomic mass is 32.8. The minimum absolute atomic E-state index is 0.000833. The number of carbonyl (C=O) groups is 1. The molecule has 1 aromatic carbocycles. The summed E-state index contributed by atoms with van der Waals surface area (Å²) in [4.78, 5) is 15.1. The Bertz CT molecular complexity index is 1380. The largest absolute Gasteiger partial charge is 0.435 e. The second-order valence-electron chi connectivity index (χ2n) is 10.6. The summed E-state index contributed by atoms with van der Waals surface area (Å²) in [5.41, 5.74) is -7.41. The number of aryl methyl sites for hydroxylation is 1. The fourth-order valence-corrected chi connectivity index (χ4v) is 10.9. The number of sulfone groups is 1. The topological polar surface area (TPSA) is 54.5 Å². The van der Waals surface area contributed by atoms with Gasteiger partial charge in [-0.2, -0.15) is 26.3 Å². The second-order valence-corrected chi connectivity index (χ2v) is 15.9. The molecule has 2 atom stereocenters. The fraction of sp³-hybridized carbons (Fsp3) is 0.593. The first kappa shape index (κ1) is 32.1. The van der Waals surface area contributed by atoms with Crippen LogP contribution in [0.15, 0.2) is 41.3 Å². The van der Waals surface area contributed by atoms with Crippen molar-refractivity contribution in [3.8, 4) is 0 Å². The Kier molecular flexibility index (Phi) is 8.65. The molecule has 4 rings (SSSR count). The van der Waals surface area contributed by atoms with E-state index in [-0.39, 0.29) is 63.1 Å². The predicted molar refractivity (Wildman–Crippen MR) is 146 cm³/mol. The van der Waals surface area contributed by atoms with Crippen molar-refractivity contribution in [1.29, 1.82) is 0 Å². The number of allylic oxidation sites excluding steroid dienone is 3. The minimum Gasteiger partial charge on any atom is -0.337 e. The Morgan fingerprint density at radius 1 is 1.05 bits per heavy atom. The molecule has 2 unspecified atom stereocenters. The van der Waals surface area contributed by atoms with Crippen LogP contribution in [-0.2, 0) is 52.1 Å². The molecule has 2 fully saturated rings. The number of benzene rings is 1. The monoisotopic (exact) mass is 645 g/mol. The van der Waals surface area contributed by atoms with Crippen LogP contribution in [0, 0.1) is 5.92 Å². The smallest absolute Gasteiger partial charge is 0.337 e. The quantitative estimate of drug-likeness (QED) is 0.287. The number of alkyl halides is 7. The number of nitrogens with zero attached hydrogens (tertiary/aromatic N) is 1. The summed E-state index contributed by atoms with van der Waals surface area (Å²) < 4.78 is 123. The third kappa shape index (κ3) is 4.99. The molecule has 1 amide bonds. The van der Waals surface area contributed by atoms with Gasteiger partial charge in [0.2, 0.25) is 5.91 Å². The number of carbonyl (C=O) groups excluding carboxylic acids is 1. The Hall–Kier alpha value is -1.80. The summed E-state index contributed by atoms with van der Waals surface area (Å²) in [6.07, 6.45) is -7.50. The van der Waals surface area contributed by atoms with Crippen molar-refractivity contribution in [2.24, 2.45) is 5.92 Å². The molecule has 4 nitrogen and oxygen atoms in total. The zero-order valence-electron chi connectivity index (χ0n) is 22.3. The van der Waals surface area contributed by atoms with Gasteiger partial charge in [0.05, 0.1) is 10.9 Å². The molecule has 2 aliphatic heterocycles. The molecule has 0 spiro atoms. The fourth-order valence-electron chi connectivity index (χ4n) is 6.48. The molecule has 2 heterocycles. The molecule has 41 heavy (non-hydrogen) atoms. The standard InChI is InChI=1S/C27H30F7NO3S3/c1-3-5-20(4-2)41(37,38)24-12-13-35(23(36)17-10-14-40(39)15-11-17)22(24)9-6-18-16-19(7-8-21(18)24)25(28,26(29,30)31)27(32,33)34/h3-5,7-8,16-17,22H,6,9-15H2,1-2H3/b5-3-,20-4+. The molecule has 1 aliphatic carbocycles. The van der Waals surface area contributed by atoms with Crippen molar-refractivity contribution < 1.29 is 43.9 Å². The van der Waals surface area contributed by atoms with E-state index in [9.17, 15) is 43.9 Å². The molecular weight excluding hydrogens is 615 g/mol. The second kappa shape index (κ2) is 11.0. The van der Waals surface area contributed by atoms with Gasteiger partial charge in [-0.25, -0.2) is 12.8 Å². The van der Waals surface area contributed by atoms with Crippen LogP contribution < -0.4 is 0 Å². The van der Waals surface area contributed by atoms with Gasteiger partial charge in [-0.1, -0.05) is 41.5 Å². The molecule has 0 bridgehead atoms. The van der Waals surface area contributed by atoms with Gasteiger partial charge in [-0.05, 0) is 74.7 Å². The lowest BCUT2D eigenvalue weighted by Gasteiger charge is -2.44.